The molecule has 160 valence electrons. The van der Waals surface area contributed by atoms with Crippen molar-refractivity contribution in [3.8, 4) is 22.8 Å². The number of fused-ring (bicyclic) bond motifs is 1. The van der Waals surface area contributed by atoms with E-state index in [2.05, 4.69) is 10.1 Å². The molecule has 3 aromatic carbocycles. The van der Waals surface area contributed by atoms with E-state index in [4.69, 9.17) is 25.8 Å². The maximum absolute atomic E-state index is 12.8. The minimum Gasteiger partial charge on any atom is -0.467 e. The molecule has 0 fully saturated rings. The molecule has 0 N–H and O–H groups in total. The maximum atomic E-state index is 12.8. The fourth-order valence-corrected chi connectivity index (χ4v) is 3.76. The molecule has 2 heterocycles. The van der Waals surface area contributed by atoms with E-state index in [0.717, 1.165) is 16.8 Å². The first-order chi connectivity index (χ1) is 15.7. The van der Waals surface area contributed by atoms with Crippen LogP contribution in [-0.2, 0) is 22.7 Å². The first-order valence-corrected chi connectivity index (χ1v) is 10.3. The van der Waals surface area contributed by atoms with E-state index in [9.17, 15) is 4.79 Å². The summed E-state index contributed by atoms with van der Waals surface area (Å²) in [6.45, 7) is 0.502. The summed E-state index contributed by atoms with van der Waals surface area (Å²) < 4.78 is 18.0. The van der Waals surface area contributed by atoms with Crippen LogP contribution < -0.4 is 4.74 Å². The van der Waals surface area contributed by atoms with Crippen molar-refractivity contribution in [2.75, 3.05) is 6.79 Å². The number of halogens is 1. The summed E-state index contributed by atoms with van der Waals surface area (Å²) in [6.07, 6.45) is 0. The van der Waals surface area contributed by atoms with Crippen LogP contribution in [0.3, 0.4) is 0 Å². The predicted molar refractivity (Wildman–Crippen MR) is 118 cm³/mol. The summed E-state index contributed by atoms with van der Waals surface area (Å²) in [5.41, 5.74) is 3.10. The SMILES string of the molecule is O=C(OCc1cc(Cl)cc2c1OCOC2)c1nc(-c2ccccc2)n(-c2ccccc2)n1. The van der Waals surface area contributed by atoms with Crippen LogP contribution in [0.1, 0.15) is 21.7 Å². The van der Waals surface area contributed by atoms with Crippen LogP contribution in [0.4, 0.5) is 0 Å². The van der Waals surface area contributed by atoms with E-state index in [1.807, 2.05) is 60.7 Å². The molecule has 1 aliphatic rings. The second-order valence-electron chi connectivity index (χ2n) is 7.11. The van der Waals surface area contributed by atoms with Crippen molar-refractivity contribution in [3.63, 3.8) is 0 Å². The number of nitrogens with zero attached hydrogens (tertiary/aromatic N) is 3. The Bertz CT molecular complexity index is 1200. The van der Waals surface area contributed by atoms with Gasteiger partial charge in [0, 0.05) is 21.7 Å². The van der Waals surface area contributed by atoms with Crippen LogP contribution in [0, 0.1) is 0 Å². The van der Waals surface area contributed by atoms with Crippen molar-refractivity contribution in [1.82, 2.24) is 14.8 Å². The number of esters is 1. The number of rotatable bonds is 5. The summed E-state index contributed by atoms with van der Waals surface area (Å²) in [5.74, 6) is 0.496. The van der Waals surface area contributed by atoms with Gasteiger partial charge >= 0.3 is 5.97 Å². The molecule has 0 atom stereocenters. The molecule has 0 unspecified atom stereocenters. The Morgan fingerprint density at radius 2 is 1.81 bits per heavy atom. The molecule has 0 saturated heterocycles. The number of benzene rings is 3. The molecule has 4 aromatic rings. The lowest BCUT2D eigenvalue weighted by Gasteiger charge is -2.20. The summed E-state index contributed by atoms with van der Waals surface area (Å²) in [6, 6.07) is 22.5. The Kier molecular flexibility index (Phi) is 5.58. The topological polar surface area (TPSA) is 75.5 Å². The first kappa shape index (κ1) is 20.2. The number of hydrogen-bond donors (Lipinski definition) is 0. The van der Waals surface area contributed by atoms with Crippen LogP contribution in [0.25, 0.3) is 17.1 Å². The zero-order chi connectivity index (χ0) is 21.9. The Labute approximate surface area is 189 Å². The van der Waals surface area contributed by atoms with E-state index >= 15 is 0 Å². The van der Waals surface area contributed by atoms with Gasteiger partial charge in [-0.15, -0.1) is 5.10 Å². The Hall–Kier alpha value is -3.68. The smallest absolute Gasteiger partial charge is 0.378 e. The Morgan fingerprint density at radius 3 is 2.59 bits per heavy atom. The molecule has 7 nitrogen and oxygen atoms in total. The largest absolute Gasteiger partial charge is 0.467 e. The van der Waals surface area contributed by atoms with Gasteiger partial charge in [0.25, 0.3) is 5.82 Å². The molecule has 0 aliphatic carbocycles. The molecule has 1 aliphatic heterocycles. The molecule has 1 aromatic heterocycles. The minimum atomic E-state index is -0.641. The molecular formula is C24H18ClN3O4. The minimum absolute atomic E-state index is 0.0255. The van der Waals surface area contributed by atoms with Crippen molar-refractivity contribution in [3.05, 3.63) is 94.8 Å². The Morgan fingerprint density at radius 1 is 1.06 bits per heavy atom. The molecule has 0 amide bonds. The monoisotopic (exact) mass is 447 g/mol. The fourth-order valence-electron chi connectivity index (χ4n) is 3.49. The quantitative estimate of drug-likeness (QED) is 0.409. The van der Waals surface area contributed by atoms with E-state index in [1.165, 1.54) is 0 Å². The zero-order valence-corrected chi connectivity index (χ0v) is 17.7. The highest BCUT2D eigenvalue weighted by Gasteiger charge is 2.22. The third-order valence-electron chi connectivity index (χ3n) is 4.93. The lowest BCUT2D eigenvalue weighted by molar-refractivity contribution is -0.0180. The molecule has 8 heteroatoms. The van der Waals surface area contributed by atoms with Gasteiger partial charge in [0.1, 0.15) is 12.4 Å². The average molecular weight is 448 g/mol. The summed E-state index contributed by atoms with van der Waals surface area (Å²) >= 11 is 6.19. The Balaban J connectivity index is 1.44. The molecule has 0 radical (unpaired) electrons. The molecule has 32 heavy (non-hydrogen) atoms. The van der Waals surface area contributed by atoms with Gasteiger partial charge in [-0.05, 0) is 24.3 Å². The molecule has 0 saturated carbocycles. The van der Waals surface area contributed by atoms with Gasteiger partial charge in [0.05, 0.1) is 12.3 Å². The highest BCUT2D eigenvalue weighted by atomic mass is 35.5. The molecular weight excluding hydrogens is 430 g/mol. The van der Waals surface area contributed by atoms with Gasteiger partial charge in [-0.1, -0.05) is 60.1 Å². The van der Waals surface area contributed by atoms with Gasteiger partial charge in [0.15, 0.2) is 12.6 Å². The number of ether oxygens (including phenoxy) is 3. The first-order valence-electron chi connectivity index (χ1n) is 9.96. The van der Waals surface area contributed by atoms with Crippen LogP contribution in [-0.4, -0.2) is 27.5 Å². The van der Waals surface area contributed by atoms with E-state index in [-0.39, 0.29) is 19.2 Å². The number of para-hydroxylation sites is 1. The van der Waals surface area contributed by atoms with Crippen LogP contribution >= 0.6 is 11.6 Å². The van der Waals surface area contributed by atoms with Gasteiger partial charge in [-0.2, -0.15) is 0 Å². The predicted octanol–water partition coefficient (Wildman–Crippen LogP) is 4.81. The molecule has 0 bridgehead atoms. The average Bonchev–Trinajstić information content (AvgIpc) is 3.29. The van der Waals surface area contributed by atoms with Crippen LogP contribution in [0.15, 0.2) is 72.8 Å². The molecule has 0 spiro atoms. The van der Waals surface area contributed by atoms with Crippen molar-refractivity contribution >= 4 is 17.6 Å². The highest BCUT2D eigenvalue weighted by molar-refractivity contribution is 6.30. The number of aromatic nitrogens is 3. The van der Waals surface area contributed by atoms with Gasteiger partial charge < -0.3 is 14.2 Å². The summed E-state index contributed by atoms with van der Waals surface area (Å²) in [5, 5.41) is 4.94. The standard InChI is InChI=1S/C24H18ClN3O4/c25-19-11-17-13-30-15-32-21(17)18(12-19)14-31-24(29)22-26-23(16-7-3-1-4-8-16)28(27-22)20-9-5-2-6-10-20/h1-12H,13-15H2. The number of carbonyl (C=O) groups is 1. The van der Waals surface area contributed by atoms with E-state index < -0.39 is 5.97 Å². The van der Waals surface area contributed by atoms with Gasteiger partial charge in [-0.3, -0.25) is 0 Å². The number of carbonyl (C=O) groups excluding carboxylic acids is 1. The lowest BCUT2D eigenvalue weighted by Crippen LogP contribution is -2.15. The normalized spacial score (nSPS) is 12.7. The van der Waals surface area contributed by atoms with Crippen molar-refractivity contribution in [1.29, 1.82) is 0 Å². The van der Waals surface area contributed by atoms with Gasteiger partial charge in [-0.25, -0.2) is 14.5 Å². The summed E-state index contributed by atoms with van der Waals surface area (Å²) in [7, 11) is 0. The van der Waals surface area contributed by atoms with Crippen LogP contribution in [0.2, 0.25) is 5.02 Å². The third-order valence-corrected chi connectivity index (χ3v) is 5.15. The van der Waals surface area contributed by atoms with Gasteiger partial charge in [0.2, 0.25) is 0 Å². The van der Waals surface area contributed by atoms with E-state index in [0.29, 0.717) is 28.8 Å². The fraction of sp³-hybridized carbons (Fsp3) is 0.125. The second-order valence-corrected chi connectivity index (χ2v) is 7.55. The van der Waals surface area contributed by atoms with Crippen molar-refractivity contribution in [2.45, 2.75) is 13.2 Å². The molecule has 5 rings (SSSR count). The lowest BCUT2D eigenvalue weighted by atomic mass is 10.1. The summed E-state index contributed by atoms with van der Waals surface area (Å²) in [4.78, 5) is 17.3. The van der Waals surface area contributed by atoms with Crippen LogP contribution in [0.5, 0.6) is 5.75 Å². The number of hydrogen-bond acceptors (Lipinski definition) is 6. The van der Waals surface area contributed by atoms with E-state index in [1.54, 1.807) is 16.8 Å². The third kappa shape index (κ3) is 4.08. The second kappa shape index (κ2) is 8.82. The van der Waals surface area contributed by atoms with Crippen molar-refractivity contribution in [2.24, 2.45) is 0 Å². The maximum Gasteiger partial charge on any atom is 0.378 e. The van der Waals surface area contributed by atoms with Crippen molar-refractivity contribution < 1.29 is 19.0 Å². The zero-order valence-electron chi connectivity index (χ0n) is 16.9. The highest BCUT2D eigenvalue weighted by Crippen LogP contribution is 2.32.